The van der Waals surface area contributed by atoms with E-state index < -0.39 is 0 Å². The van der Waals surface area contributed by atoms with Gasteiger partial charge in [0.05, 0.1) is 12.8 Å². The molecule has 2 aromatic carbocycles. The van der Waals surface area contributed by atoms with Gasteiger partial charge in [-0.1, -0.05) is 12.1 Å². The number of nitrogens with zero attached hydrogens (tertiary/aromatic N) is 1. The van der Waals surface area contributed by atoms with Crippen molar-refractivity contribution < 1.29 is 14.3 Å². The van der Waals surface area contributed by atoms with Crippen LogP contribution in [0.1, 0.15) is 33.6 Å². The number of carbonyl (C=O) groups is 2. The number of ether oxygens (including phenoxy) is 1. The van der Waals surface area contributed by atoms with Gasteiger partial charge in [-0.3, -0.25) is 9.59 Å². The predicted octanol–water partition coefficient (Wildman–Crippen LogP) is 2.82. The molecule has 1 fully saturated rings. The molecule has 0 atom stereocenters. The second-order valence-corrected chi connectivity index (χ2v) is 6.85. The number of piperazine rings is 1. The van der Waals surface area contributed by atoms with Crippen LogP contribution >= 0.6 is 0 Å². The highest BCUT2D eigenvalue weighted by Gasteiger charge is 2.15. The number of anilines is 1. The van der Waals surface area contributed by atoms with Crippen molar-refractivity contribution in [1.29, 1.82) is 0 Å². The lowest BCUT2D eigenvalue weighted by atomic mass is 10.0. The van der Waals surface area contributed by atoms with Crippen LogP contribution in [0.15, 0.2) is 48.5 Å². The van der Waals surface area contributed by atoms with Crippen LogP contribution in [0.4, 0.5) is 5.69 Å². The Bertz CT molecular complexity index is 799. The first kappa shape index (κ1) is 20.0. The third-order valence-corrected chi connectivity index (χ3v) is 4.92. The summed E-state index contributed by atoms with van der Waals surface area (Å²) in [5, 5.41) is 6.20. The maximum Gasteiger partial charge on any atom is 0.255 e. The summed E-state index contributed by atoms with van der Waals surface area (Å²) in [6, 6.07) is 14.1. The Morgan fingerprint density at radius 1 is 1.07 bits per heavy atom. The van der Waals surface area contributed by atoms with Crippen LogP contribution in [-0.2, 0) is 0 Å². The molecule has 2 aromatic rings. The number of hydrogen-bond acceptors (Lipinski definition) is 5. The molecule has 0 aromatic heterocycles. The van der Waals surface area contributed by atoms with Gasteiger partial charge in [-0.2, -0.15) is 0 Å². The monoisotopic (exact) mass is 381 g/mol. The van der Waals surface area contributed by atoms with Crippen LogP contribution in [0.3, 0.4) is 0 Å². The van der Waals surface area contributed by atoms with Gasteiger partial charge in [-0.25, -0.2) is 0 Å². The molecule has 3 rings (SSSR count). The largest absolute Gasteiger partial charge is 0.497 e. The van der Waals surface area contributed by atoms with Crippen LogP contribution < -0.4 is 15.4 Å². The zero-order valence-corrected chi connectivity index (χ0v) is 16.2. The molecular formula is C22H27N3O3. The predicted molar refractivity (Wildman–Crippen MR) is 110 cm³/mol. The minimum Gasteiger partial charge on any atom is -0.497 e. The minimum absolute atomic E-state index is 0.0563. The smallest absolute Gasteiger partial charge is 0.255 e. The molecule has 1 aliphatic rings. The molecule has 0 saturated carbocycles. The molecule has 1 heterocycles. The van der Waals surface area contributed by atoms with Gasteiger partial charge in [0, 0.05) is 43.7 Å². The molecule has 1 saturated heterocycles. The third kappa shape index (κ3) is 5.41. The van der Waals surface area contributed by atoms with Crippen molar-refractivity contribution in [1.82, 2.24) is 10.2 Å². The fraction of sp³-hybridized carbons (Fsp3) is 0.364. The summed E-state index contributed by atoms with van der Waals surface area (Å²) in [5.74, 6) is 0.501. The van der Waals surface area contributed by atoms with Gasteiger partial charge in [0.1, 0.15) is 5.75 Å². The van der Waals surface area contributed by atoms with Crippen molar-refractivity contribution in [3.05, 3.63) is 59.7 Å². The van der Waals surface area contributed by atoms with Gasteiger partial charge < -0.3 is 20.3 Å². The average molecular weight is 381 g/mol. The Balaban J connectivity index is 1.59. The highest BCUT2D eigenvalue weighted by molar-refractivity contribution is 6.09. The van der Waals surface area contributed by atoms with Crippen molar-refractivity contribution in [2.45, 2.75) is 12.8 Å². The number of nitrogens with one attached hydrogen (secondary N) is 2. The molecule has 0 radical (unpaired) electrons. The average Bonchev–Trinajstić information content (AvgIpc) is 2.75. The summed E-state index contributed by atoms with van der Waals surface area (Å²) in [6.07, 6.45) is 1.29. The maximum absolute atomic E-state index is 12.7. The van der Waals surface area contributed by atoms with E-state index in [1.54, 1.807) is 43.5 Å². The highest BCUT2D eigenvalue weighted by Crippen LogP contribution is 2.20. The number of amides is 1. The van der Waals surface area contributed by atoms with E-state index in [1.807, 2.05) is 12.1 Å². The summed E-state index contributed by atoms with van der Waals surface area (Å²) in [7, 11) is 1.58. The molecular weight excluding hydrogens is 354 g/mol. The van der Waals surface area contributed by atoms with Crippen LogP contribution in [0.5, 0.6) is 5.75 Å². The van der Waals surface area contributed by atoms with E-state index in [0.717, 1.165) is 39.1 Å². The molecule has 0 spiro atoms. The van der Waals surface area contributed by atoms with E-state index in [0.29, 0.717) is 29.0 Å². The fourth-order valence-corrected chi connectivity index (χ4v) is 3.30. The summed E-state index contributed by atoms with van der Waals surface area (Å²) in [6.45, 7) is 5.00. The molecule has 0 aliphatic carbocycles. The van der Waals surface area contributed by atoms with Gasteiger partial charge in [0.25, 0.3) is 5.91 Å². The van der Waals surface area contributed by atoms with Crippen LogP contribution in [0, 0.1) is 0 Å². The zero-order valence-electron chi connectivity index (χ0n) is 16.2. The molecule has 6 heteroatoms. The number of carbonyl (C=O) groups excluding carboxylic acids is 2. The molecule has 2 N–H and O–H groups in total. The lowest BCUT2D eigenvalue weighted by Gasteiger charge is -2.26. The standard InChI is InChI=1S/C22H27N3O3/c1-28-18-10-8-17(9-11-18)22(27)24-20-6-3-2-5-19(20)21(26)7-4-14-25-15-12-23-13-16-25/h2-3,5-6,8-11,23H,4,7,12-16H2,1H3,(H,24,27). The van der Waals surface area contributed by atoms with Gasteiger partial charge in [0.2, 0.25) is 0 Å². The minimum atomic E-state index is -0.247. The Morgan fingerprint density at radius 2 is 1.79 bits per heavy atom. The van der Waals surface area contributed by atoms with Gasteiger partial charge in [0.15, 0.2) is 5.78 Å². The number of ketones is 1. The van der Waals surface area contributed by atoms with E-state index >= 15 is 0 Å². The van der Waals surface area contributed by atoms with Crippen molar-refractivity contribution in [3.63, 3.8) is 0 Å². The second kappa shape index (κ2) is 10.0. The van der Waals surface area contributed by atoms with Crippen LogP contribution in [0.2, 0.25) is 0 Å². The van der Waals surface area contributed by atoms with Gasteiger partial charge in [-0.15, -0.1) is 0 Å². The first-order valence-corrected chi connectivity index (χ1v) is 9.68. The Labute approximate surface area is 165 Å². The van der Waals surface area contributed by atoms with E-state index in [-0.39, 0.29) is 11.7 Å². The number of Topliss-reactive ketones (excluding diaryl/α,β-unsaturated/α-hetero) is 1. The van der Waals surface area contributed by atoms with Gasteiger partial charge in [-0.05, 0) is 49.4 Å². The number of methoxy groups -OCH3 is 1. The normalized spacial score (nSPS) is 14.5. The summed E-state index contributed by atoms with van der Waals surface area (Å²) < 4.78 is 5.12. The fourth-order valence-electron chi connectivity index (χ4n) is 3.30. The Morgan fingerprint density at radius 3 is 2.50 bits per heavy atom. The van der Waals surface area contributed by atoms with Gasteiger partial charge >= 0.3 is 0 Å². The molecule has 1 aliphatic heterocycles. The van der Waals surface area contributed by atoms with E-state index in [4.69, 9.17) is 4.74 Å². The first-order chi connectivity index (χ1) is 13.7. The van der Waals surface area contributed by atoms with E-state index in [9.17, 15) is 9.59 Å². The van der Waals surface area contributed by atoms with Crippen molar-refractivity contribution in [3.8, 4) is 5.75 Å². The van der Waals surface area contributed by atoms with E-state index in [2.05, 4.69) is 15.5 Å². The molecule has 0 bridgehead atoms. The Kier molecular flexibility index (Phi) is 7.17. The summed E-state index contributed by atoms with van der Waals surface area (Å²) in [4.78, 5) is 27.6. The number of hydrogen-bond donors (Lipinski definition) is 2. The number of benzene rings is 2. The maximum atomic E-state index is 12.7. The van der Waals surface area contributed by atoms with Crippen molar-refractivity contribution >= 4 is 17.4 Å². The second-order valence-electron chi connectivity index (χ2n) is 6.85. The quantitative estimate of drug-likeness (QED) is 0.688. The Hall–Kier alpha value is -2.70. The molecule has 6 nitrogen and oxygen atoms in total. The van der Waals surface area contributed by atoms with E-state index in [1.165, 1.54) is 0 Å². The third-order valence-electron chi connectivity index (χ3n) is 4.92. The molecule has 1 amide bonds. The molecule has 148 valence electrons. The summed E-state index contributed by atoms with van der Waals surface area (Å²) in [5.41, 5.74) is 1.63. The highest BCUT2D eigenvalue weighted by atomic mass is 16.5. The lowest BCUT2D eigenvalue weighted by Crippen LogP contribution is -2.43. The first-order valence-electron chi connectivity index (χ1n) is 9.68. The lowest BCUT2D eigenvalue weighted by molar-refractivity contribution is 0.0974. The SMILES string of the molecule is COc1ccc(C(=O)Nc2ccccc2C(=O)CCCN2CCNCC2)cc1. The van der Waals surface area contributed by atoms with Crippen molar-refractivity contribution in [2.75, 3.05) is 45.2 Å². The van der Waals surface area contributed by atoms with Crippen molar-refractivity contribution in [2.24, 2.45) is 0 Å². The van der Waals surface area contributed by atoms with Crippen LogP contribution in [0.25, 0.3) is 0 Å². The topological polar surface area (TPSA) is 70.7 Å². The van der Waals surface area contributed by atoms with Crippen LogP contribution in [-0.4, -0.2) is 56.4 Å². The summed E-state index contributed by atoms with van der Waals surface area (Å²) >= 11 is 0. The molecule has 0 unspecified atom stereocenters. The number of para-hydroxylation sites is 1. The zero-order chi connectivity index (χ0) is 19.8. The number of rotatable bonds is 8. The molecule has 28 heavy (non-hydrogen) atoms.